The van der Waals surface area contributed by atoms with Crippen molar-refractivity contribution in [2.45, 2.75) is 13.8 Å². The van der Waals surface area contributed by atoms with Crippen molar-refractivity contribution < 1.29 is 9.53 Å². The Labute approximate surface area is 115 Å². The molecule has 0 aliphatic rings. The van der Waals surface area contributed by atoms with Crippen LogP contribution in [0.15, 0.2) is 24.5 Å². The molecule has 2 N–H and O–H groups in total. The van der Waals surface area contributed by atoms with Crippen LogP contribution in [0.5, 0.6) is 0 Å². The van der Waals surface area contributed by atoms with Crippen LogP contribution in [0, 0.1) is 6.92 Å². The van der Waals surface area contributed by atoms with Gasteiger partial charge in [0.05, 0.1) is 6.61 Å². The fourth-order valence-electron chi connectivity index (χ4n) is 1.48. The van der Waals surface area contributed by atoms with Gasteiger partial charge in [-0.1, -0.05) is 6.07 Å². The maximum Gasteiger partial charge on any atom is 0.343 e. The molecule has 0 bridgehead atoms. The Balaban J connectivity index is 2.25. The van der Waals surface area contributed by atoms with Crippen LogP contribution in [0.1, 0.15) is 18.3 Å². The highest BCUT2D eigenvalue weighted by Crippen LogP contribution is 2.13. The van der Waals surface area contributed by atoms with Crippen molar-refractivity contribution in [3.63, 3.8) is 0 Å². The van der Waals surface area contributed by atoms with Crippen LogP contribution >= 0.6 is 0 Å². The van der Waals surface area contributed by atoms with Gasteiger partial charge < -0.3 is 10.1 Å². The standard InChI is InChI=1S/C12H14N6O2/c1-3-20-12(19)9(11-15-17-18-16-11)7-14-10-8(2)5-4-6-13-10/h4-7H,3H2,1-2H3,(H,13,14)(H,15,16,17,18)/b9-7-. The first kappa shape index (κ1) is 13.7. The molecule has 2 rings (SSSR count). The summed E-state index contributed by atoms with van der Waals surface area (Å²) in [4.78, 5) is 16.0. The van der Waals surface area contributed by atoms with Crippen molar-refractivity contribution in [1.82, 2.24) is 25.6 Å². The SMILES string of the molecule is CCOC(=O)/C(=C\Nc1ncccc1C)c1nn[nH]n1. The zero-order chi connectivity index (χ0) is 14.4. The average Bonchev–Trinajstić information content (AvgIpc) is 2.95. The Bertz CT molecular complexity index is 608. The third-order valence-electron chi connectivity index (χ3n) is 2.44. The van der Waals surface area contributed by atoms with Crippen molar-refractivity contribution in [2.75, 3.05) is 11.9 Å². The lowest BCUT2D eigenvalue weighted by atomic mass is 10.2. The molecule has 0 aliphatic carbocycles. The van der Waals surface area contributed by atoms with E-state index in [2.05, 4.69) is 30.9 Å². The zero-order valence-electron chi connectivity index (χ0n) is 11.1. The quantitative estimate of drug-likeness (QED) is 0.616. The molecule has 2 aromatic heterocycles. The summed E-state index contributed by atoms with van der Waals surface area (Å²) in [5.41, 5.74) is 1.12. The summed E-state index contributed by atoms with van der Waals surface area (Å²) >= 11 is 0. The molecule has 2 aromatic rings. The number of pyridine rings is 1. The second-order valence-electron chi connectivity index (χ2n) is 3.83. The average molecular weight is 274 g/mol. The van der Waals surface area contributed by atoms with Crippen molar-refractivity contribution >= 4 is 17.4 Å². The summed E-state index contributed by atoms with van der Waals surface area (Å²) in [6, 6.07) is 3.73. The van der Waals surface area contributed by atoms with E-state index in [9.17, 15) is 4.79 Å². The molecule has 0 aromatic carbocycles. The number of anilines is 1. The number of nitrogens with one attached hydrogen (secondary N) is 2. The number of aromatic nitrogens is 5. The summed E-state index contributed by atoms with van der Waals surface area (Å²) in [5, 5.41) is 16.2. The molecule has 0 aliphatic heterocycles. The first-order chi connectivity index (χ1) is 9.72. The zero-order valence-corrected chi connectivity index (χ0v) is 11.1. The third kappa shape index (κ3) is 3.16. The molecule has 20 heavy (non-hydrogen) atoms. The minimum Gasteiger partial charge on any atom is -0.462 e. The van der Waals surface area contributed by atoms with Crippen LogP contribution in [-0.4, -0.2) is 38.2 Å². The van der Waals surface area contributed by atoms with Gasteiger partial charge in [0.25, 0.3) is 0 Å². The van der Waals surface area contributed by atoms with Crippen molar-refractivity contribution in [3.8, 4) is 0 Å². The van der Waals surface area contributed by atoms with Gasteiger partial charge in [0, 0.05) is 12.4 Å². The summed E-state index contributed by atoms with van der Waals surface area (Å²) in [6.45, 7) is 3.89. The number of hydrogen-bond donors (Lipinski definition) is 2. The van der Waals surface area contributed by atoms with Crippen LogP contribution in [0.4, 0.5) is 5.82 Å². The number of hydrogen-bond acceptors (Lipinski definition) is 7. The summed E-state index contributed by atoms with van der Waals surface area (Å²) in [5.74, 6) is 0.261. The van der Waals surface area contributed by atoms with E-state index in [4.69, 9.17) is 4.74 Å². The summed E-state index contributed by atoms with van der Waals surface area (Å²) < 4.78 is 4.96. The number of nitrogens with zero attached hydrogens (tertiary/aromatic N) is 4. The molecule has 0 radical (unpaired) electrons. The molecular formula is C12H14N6O2. The van der Waals surface area contributed by atoms with Crippen LogP contribution in [-0.2, 0) is 9.53 Å². The molecule has 0 unspecified atom stereocenters. The van der Waals surface area contributed by atoms with E-state index >= 15 is 0 Å². The second-order valence-corrected chi connectivity index (χ2v) is 3.83. The van der Waals surface area contributed by atoms with Gasteiger partial charge in [0.2, 0.25) is 5.82 Å². The van der Waals surface area contributed by atoms with Gasteiger partial charge in [0.1, 0.15) is 11.4 Å². The number of aryl methyl sites for hydroxylation is 1. The Morgan fingerprint density at radius 2 is 2.40 bits per heavy atom. The third-order valence-corrected chi connectivity index (χ3v) is 2.44. The van der Waals surface area contributed by atoms with Gasteiger partial charge in [-0.15, -0.1) is 10.2 Å². The molecule has 2 heterocycles. The van der Waals surface area contributed by atoms with Crippen LogP contribution in [0.2, 0.25) is 0 Å². The van der Waals surface area contributed by atoms with Crippen molar-refractivity contribution in [3.05, 3.63) is 35.9 Å². The molecule has 0 amide bonds. The molecule has 0 spiro atoms. The minimum atomic E-state index is -0.532. The Morgan fingerprint density at radius 3 is 3.05 bits per heavy atom. The maximum absolute atomic E-state index is 11.9. The lowest BCUT2D eigenvalue weighted by Crippen LogP contribution is -2.10. The highest BCUT2D eigenvalue weighted by atomic mass is 16.5. The second kappa shape index (κ2) is 6.41. The molecule has 0 saturated heterocycles. The fraction of sp³-hybridized carbons (Fsp3) is 0.250. The van der Waals surface area contributed by atoms with Crippen LogP contribution in [0.25, 0.3) is 5.57 Å². The lowest BCUT2D eigenvalue weighted by Gasteiger charge is -2.06. The molecule has 104 valence electrons. The first-order valence-electron chi connectivity index (χ1n) is 6.01. The Morgan fingerprint density at radius 1 is 1.55 bits per heavy atom. The van der Waals surface area contributed by atoms with Crippen molar-refractivity contribution in [2.24, 2.45) is 0 Å². The normalized spacial score (nSPS) is 11.2. The number of H-pyrrole nitrogens is 1. The van der Waals surface area contributed by atoms with Gasteiger partial charge in [-0.05, 0) is 30.7 Å². The van der Waals surface area contributed by atoms with E-state index < -0.39 is 5.97 Å². The first-order valence-corrected chi connectivity index (χ1v) is 6.01. The van der Waals surface area contributed by atoms with Gasteiger partial charge in [-0.25, -0.2) is 9.78 Å². The largest absolute Gasteiger partial charge is 0.462 e. The van der Waals surface area contributed by atoms with Gasteiger partial charge >= 0.3 is 5.97 Å². The highest BCUT2D eigenvalue weighted by molar-refractivity contribution is 6.15. The maximum atomic E-state index is 11.9. The topological polar surface area (TPSA) is 106 Å². The van der Waals surface area contributed by atoms with Gasteiger partial charge in [-0.3, -0.25) is 0 Å². The Hall–Kier alpha value is -2.77. The number of carbonyl (C=O) groups excluding carboxylic acids is 1. The van der Waals surface area contributed by atoms with Crippen LogP contribution in [0.3, 0.4) is 0 Å². The molecule has 0 saturated carbocycles. The predicted octanol–water partition coefficient (Wildman–Crippen LogP) is 0.919. The number of tetrazole rings is 1. The predicted molar refractivity (Wildman–Crippen MR) is 71.4 cm³/mol. The van der Waals surface area contributed by atoms with Gasteiger partial charge in [-0.2, -0.15) is 5.21 Å². The molecule has 0 fully saturated rings. The minimum absolute atomic E-state index is 0.157. The van der Waals surface area contributed by atoms with E-state index in [1.165, 1.54) is 6.20 Å². The van der Waals surface area contributed by atoms with Gasteiger partial charge in [0.15, 0.2) is 0 Å². The number of carbonyl (C=O) groups is 1. The molecule has 8 heteroatoms. The number of aromatic amines is 1. The number of esters is 1. The molecule has 0 atom stereocenters. The van der Waals surface area contributed by atoms with E-state index in [-0.39, 0.29) is 18.0 Å². The molecule has 8 nitrogen and oxygen atoms in total. The van der Waals surface area contributed by atoms with E-state index in [0.717, 1.165) is 5.56 Å². The smallest absolute Gasteiger partial charge is 0.343 e. The highest BCUT2D eigenvalue weighted by Gasteiger charge is 2.17. The van der Waals surface area contributed by atoms with E-state index in [1.807, 2.05) is 19.1 Å². The summed E-state index contributed by atoms with van der Waals surface area (Å²) in [7, 11) is 0. The fourth-order valence-corrected chi connectivity index (χ4v) is 1.48. The number of ether oxygens (including phenoxy) is 1. The number of rotatable bonds is 5. The molecular weight excluding hydrogens is 260 g/mol. The van der Waals surface area contributed by atoms with Crippen LogP contribution < -0.4 is 5.32 Å². The lowest BCUT2D eigenvalue weighted by molar-refractivity contribution is -0.136. The summed E-state index contributed by atoms with van der Waals surface area (Å²) in [6.07, 6.45) is 3.11. The monoisotopic (exact) mass is 274 g/mol. The van der Waals surface area contributed by atoms with Crippen molar-refractivity contribution in [1.29, 1.82) is 0 Å². The van der Waals surface area contributed by atoms with E-state index in [0.29, 0.717) is 5.82 Å². The van der Waals surface area contributed by atoms with E-state index in [1.54, 1.807) is 13.1 Å². The Kier molecular flexibility index (Phi) is 4.38.